The number of ether oxygens (including phenoxy) is 1. The lowest BCUT2D eigenvalue weighted by Crippen LogP contribution is -2.40. The summed E-state index contributed by atoms with van der Waals surface area (Å²) in [5.74, 6) is 0.741. The van der Waals surface area contributed by atoms with E-state index in [1.807, 2.05) is 30.3 Å². The van der Waals surface area contributed by atoms with Crippen molar-refractivity contribution in [3.8, 4) is 22.8 Å². The predicted octanol–water partition coefficient (Wildman–Crippen LogP) is 2.42. The average Bonchev–Trinajstić information content (AvgIpc) is 3.20. The Balaban J connectivity index is 1.65. The molecule has 0 bridgehead atoms. The summed E-state index contributed by atoms with van der Waals surface area (Å²) in [4.78, 5) is 4.59. The van der Waals surface area contributed by atoms with E-state index in [2.05, 4.69) is 10.1 Å². The van der Waals surface area contributed by atoms with E-state index in [1.54, 1.807) is 24.3 Å². The van der Waals surface area contributed by atoms with Crippen molar-refractivity contribution in [3.05, 3.63) is 54.6 Å². The van der Waals surface area contributed by atoms with E-state index in [0.29, 0.717) is 37.7 Å². The van der Waals surface area contributed by atoms with Crippen LogP contribution in [0.4, 0.5) is 0 Å². The van der Waals surface area contributed by atoms with Gasteiger partial charge in [-0.05, 0) is 18.2 Å². The molecule has 0 radical (unpaired) electrons. The quantitative estimate of drug-likeness (QED) is 0.700. The van der Waals surface area contributed by atoms with Crippen molar-refractivity contribution in [3.63, 3.8) is 0 Å². The van der Waals surface area contributed by atoms with E-state index in [1.165, 1.54) is 4.31 Å². The molecule has 26 heavy (non-hydrogen) atoms. The highest BCUT2D eigenvalue weighted by molar-refractivity contribution is 7.89. The van der Waals surface area contributed by atoms with Crippen molar-refractivity contribution in [2.75, 3.05) is 26.3 Å². The lowest BCUT2D eigenvalue weighted by Gasteiger charge is -2.26. The van der Waals surface area contributed by atoms with E-state index in [4.69, 9.17) is 9.26 Å². The summed E-state index contributed by atoms with van der Waals surface area (Å²) in [6.07, 6.45) is 0. The van der Waals surface area contributed by atoms with Gasteiger partial charge in [-0.15, -0.1) is 0 Å². The van der Waals surface area contributed by atoms with Gasteiger partial charge in [-0.3, -0.25) is 0 Å². The van der Waals surface area contributed by atoms with E-state index < -0.39 is 10.0 Å². The summed E-state index contributed by atoms with van der Waals surface area (Å²) in [6, 6.07) is 16.0. The fraction of sp³-hybridized carbons (Fsp3) is 0.222. The Morgan fingerprint density at radius 1 is 0.923 bits per heavy atom. The molecule has 0 unspecified atom stereocenters. The Kier molecular flexibility index (Phi) is 4.54. The van der Waals surface area contributed by atoms with Crippen molar-refractivity contribution >= 4 is 10.0 Å². The fourth-order valence-electron chi connectivity index (χ4n) is 2.77. The zero-order chi connectivity index (χ0) is 18.0. The maximum Gasteiger partial charge on any atom is 0.258 e. The molecule has 1 saturated heterocycles. The third-order valence-electron chi connectivity index (χ3n) is 4.15. The first-order chi connectivity index (χ1) is 12.6. The van der Waals surface area contributed by atoms with Crippen LogP contribution in [0.5, 0.6) is 0 Å². The summed E-state index contributed by atoms with van der Waals surface area (Å²) in [6.45, 7) is 1.52. The predicted molar refractivity (Wildman–Crippen MR) is 94.7 cm³/mol. The molecule has 0 atom stereocenters. The molecule has 134 valence electrons. The lowest BCUT2D eigenvalue weighted by molar-refractivity contribution is 0.0730. The second-order valence-corrected chi connectivity index (χ2v) is 7.77. The van der Waals surface area contributed by atoms with Gasteiger partial charge < -0.3 is 9.26 Å². The van der Waals surface area contributed by atoms with Crippen molar-refractivity contribution < 1.29 is 17.7 Å². The Morgan fingerprint density at radius 3 is 2.42 bits per heavy atom. The molecule has 0 saturated carbocycles. The number of aromatic nitrogens is 2. The van der Waals surface area contributed by atoms with Crippen LogP contribution in [-0.4, -0.2) is 49.2 Å². The van der Waals surface area contributed by atoms with E-state index >= 15 is 0 Å². The summed E-state index contributed by atoms with van der Waals surface area (Å²) in [5.41, 5.74) is 1.40. The Bertz CT molecular complexity index is 996. The van der Waals surface area contributed by atoms with Crippen LogP contribution in [0.25, 0.3) is 22.8 Å². The van der Waals surface area contributed by atoms with Gasteiger partial charge in [0.05, 0.1) is 18.1 Å². The second kappa shape index (κ2) is 6.99. The highest BCUT2D eigenvalue weighted by Gasteiger charge is 2.26. The SMILES string of the molecule is O=S(=O)(c1cccc(-c2nc(-c3ccccc3)no2)c1)N1CCOCC1. The van der Waals surface area contributed by atoms with Crippen LogP contribution in [-0.2, 0) is 14.8 Å². The van der Waals surface area contributed by atoms with Crippen LogP contribution < -0.4 is 0 Å². The van der Waals surface area contributed by atoms with Crippen molar-refractivity contribution in [1.82, 2.24) is 14.4 Å². The van der Waals surface area contributed by atoms with Gasteiger partial charge in [0, 0.05) is 24.2 Å². The van der Waals surface area contributed by atoms with Gasteiger partial charge in [-0.2, -0.15) is 9.29 Å². The molecule has 2 aromatic carbocycles. The van der Waals surface area contributed by atoms with Crippen LogP contribution in [0.2, 0.25) is 0 Å². The molecular weight excluding hydrogens is 354 g/mol. The largest absolute Gasteiger partial charge is 0.379 e. The molecule has 0 aliphatic carbocycles. The Morgan fingerprint density at radius 2 is 1.65 bits per heavy atom. The molecule has 3 aromatic rings. The van der Waals surface area contributed by atoms with Gasteiger partial charge in [0.15, 0.2) is 0 Å². The highest BCUT2D eigenvalue weighted by atomic mass is 32.2. The third kappa shape index (κ3) is 3.26. The van der Waals surface area contributed by atoms with Crippen LogP contribution >= 0.6 is 0 Å². The molecular formula is C18H17N3O4S. The molecule has 8 heteroatoms. The minimum atomic E-state index is -3.57. The van der Waals surface area contributed by atoms with Crippen molar-refractivity contribution in [2.24, 2.45) is 0 Å². The smallest absolute Gasteiger partial charge is 0.258 e. The molecule has 1 fully saturated rings. The Hall–Kier alpha value is -2.55. The lowest BCUT2D eigenvalue weighted by atomic mass is 10.2. The highest BCUT2D eigenvalue weighted by Crippen LogP contribution is 2.25. The second-order valence-electron chi connectivity index (χ2n) is 5.83. The Labute approximate surface area is 151 Å². The number of rotatable bonds is 4. The standard InChI is InChI=1S/C18H17N3O4S/c22-26(23,21-9-11-24-12-10-21)16-8-4-7-15(13-16)18-19-17(20-25-18)14-5-2-1-3-6-14/h1-8,13H,9-12H2. The van der Waals surface area contributed by atoms with Gasteiger partial charge in [-0.25, -0.2) is 8.42 Å². The first-order valence-corrected chi connectivity index (χ1v) is 9.66. The van der Waals surface area contributed by atoms with Gasteiger partial charge in [0.25, 0.3) is 5.89 Å². The molecule has 0 amide bonds. The molecule has 4 rings (SSSR count). The van der Waals surface area contributed by atoms with Gasteiger partial charge in [0.1, 0.15) is 0 Å². The van der Waals surface area contributed by atoms with Crippen molar-refractivity contribution in [2.45, 2.75) is 4.90 Å². The minimum Gasteiger partial charge on any atom is -0.379 e. The number of nitrogens with zero attached hydrogens (tertiary/aromatic N) is 3. The summed E-state index contributed by atoms with van der Waals surface area (Å²) in [5, 5.41) is 3.98. The number of benzene rings is 2. The first-order valence-electron chi connectivity index (χ1n) is 8.22. The molecule has 1 aromatic heterocycles. The molecule has 0 spiro atoms. The van der Waals surface area contributed by atoms with Gasteiger partial charge >= 0.3 is 0 Å². The maximum atomic E-state index is 12.8. The summed E-state index contributed by atoms with van der Waals surface area (Å²) < 4.78 is 37.6. The van der Waals surface area contributed by atoms with E-state index in [0.717, 1.165) is 5.56 Å². The minimum absolute atomic E-state index is 0.205. The zero-order valence-corrected chi connectivity index (χ0v) is 14.7. The van der Waals surface area contributed by atoms with E-state index in [-0.39, 0.29) is 10.8 Å². The topological polar surface area (TPSA) is 85.5 Å². The third-order valence-corrected chi connectivity index (χ3v) is 6.04. The van der Waals surface area contributed by atoms with Crippen LogP contribution in [0, 0.1) is 0 Å². The molecule has 7 nitrogen and oxygen atoms in total. The molecule has 2 heterocycles. The average molecular weight is 371 g/mol. The first kappa shape index (κ1) is 16.9. The number of hydrogen-bond acceptors (Lipinski definition) is 6. The maximum absolute atomic E-state index is 12.8. The number of hydrogen-bond donors (Lipinski definition) is 0. The van der Waals surface area contributed by atoms with E-state index in [9.17, 15) is 8.42 Å². The van der Waals surface area contributed by atoms with Crippen LogP contribution in [0.15, 0.2) is 64.0 Å². The van der Waals surface area contributed by atoms with Crippen molar-refractivity contribution in [1.29, 1.82) is 0 Å². The van der Waals surface area contributed by atoms with Gasteiger partial charge in [0.2, 0.25) is 15.8 Å². The van der Waals surface area contributed by atoms with Gasteiger partial charge in [-0.1, -0.05) is 41.6 Å². The van der Waals surface area contributed by atoms with Crippen LogP contribution in [0.1, 0.15) is 0 Å². The molecule has 1 aliphatic rings. The normalized spacial score (nSPS) is 15.8. The molecule has 1 aliphatic heterocycles. The monoisotopic (exact) mass is 371 g/mol. The van der Waals surface area contributed by atoms with Crippen LogP contribution in [0.3, 0.4) is 0 Å². The fourth-order valence-corrected chi connectivity index (χ4v) is 4.23. The zero-order valence-electron chi connectivity index (χ0n) is 13.9. The molecule has 0 N–H and O–H groups in total. The number of morpholine rings is 1. The summed E-state index contributed by atoms with van der Waals surface area (Å²) in [7, 11) is -3.57. The number of sulfonamides is 1. The summed E-state index contributed by atoms with van der Waals surface area (Å²) >= 11 is 0.